The van der Waals surface area contributed by atoms with Crippen LogP contribution in [0.4, 0.5) is 11.4 Å². The Morgan fingerprint density at radius 1 is 0.957 bits per heavy atom. The first-order valence-electron chi connectivity index (χ1n) is 16.1. The third-order valence-corrected chi connectivity index (χ3v) is 11.2. The zero-order valence-corrected chi connectivity index (χ0v) is 28.8. The van der Waals surface area contributed by atoms with Crippen LogP contribution in [-0.4, -0.2) is 40.7 Å². The van der Waals surface area contributed by atoms with Gasteiger partial charge in [0.1, 0.15) is 13.7 Å². The minimum Gasteiger partial charge on any atom is -0.478 e. The van der Waals surface area contributed by atoms with E-state index in [0.717, 1.165) is 41.8 Å². The SMILES string of the molecule is CN1C(=CC=C2CCCC(C=CC3=[N+](C)c4ccc(C(=O)O)cc4C3(C)C)=C2Sc2ccccc2)C(C)(C)c2cc(COO)ccc21. The first-order chi connectivity index (χ1) is 22.4. The lowest BCUT2D eigenvalue weighted by Gasteiger charge is -2.25. The molecule has 0 unspecified atom stereocenters. The monoisotopic (exact) mass is 647 g/mol. The van der Waals surface area contributed by atoms with Crippen LogP contribution < -0.4 is 4.90 Å². The molecular formula is C40H43N2O4S+. The molecule has 2 heterocycles. The van der Waals surface area contributed by atoms with Crippen LogP contribution in [0.1, 0.15) is 74.0 Å². The molecule has 6 nitrogen and oxygen atoms in total. The lowest BCUT2D eigenvalue weighted by atomic mass is 9.80. The summed E-state index contributed by atoms with van der Waals surface area (Å²) in [4.78, 5) is 20.9. The number of carboxylic acids is 1. The third-order valence-electron chi connectivity index (χ3n) is 9.93. The van der Waals surface area contributed by atoms with Gasteiger partial charge in [-0.15, -0.1) is 0 Å². The van der Waals surface area contributed by atoms with E-state index >= 15 is 0 Å². The van der Waals surface area contributed by atoms with Crippen LogP contribution in [-0.2, 0) is 22.3 Å². The molecule has 242 valence electrons. The molecule has 0 saturated carbocycles. The predicted molar refractivity (Wildman–Crippen MR) is 191 cm³/mol. The lowest BCUT2D eigenvalue weighted by Crippen LogP contribution is -2.26. The van der Waals surface area contributed by atoms with Gasteiger partial charge in [-0.25, -0.2) is 9.68 Å². The van der Waals surface area contributed by atoms with Crippen molar-refractivity contribution in [2.45, 2.75) is 69.3 Å². The number of allylic oxidation sites excluding steroid dienone is 7. The molecule has 0 atom stereocenters. The van der Waals surface area contributed by atoms with Crippen molar-refractivity contribution in [3.63, 3.8) is 0 Å². The van der Waals surface area contributed by atoms with Crippen molar-refractivity contribution >= 4 is 34.8 Å². The quantitative estimate of drug-likeness (QED) is 0.144. The van der Waals surface area contributed by atoms with Crippen LogP contribution in [0.25, 0.3) is 0 Å². The average molecular weight is 648 g/mol. The second-order valence-corrected chi connectivity index (χ2v) is 14.7. The van der Waals surface area contributed by atoms with Gasteiger partial charge in [0.2, 0.25) is 5.69 Å². The van der Waals surface area contributed by atoms with Gasteiger partial charge in [-0.1, -0.05) is 68.1 Å². The van der Waals surface area contributed by atoms with Gasteiger partial charge in [0.05, 0.1) is 11.0 Å². The highest BCUT2D eigenvalue weighted by Crippen LogP contribution is 2.48. The molecule has 3 aliphatic rings. The Bertz CT molecular complexity index is 1900. The Kier molecular flexibility index (Phi) is 8.92. The number of carboxylic acid groups (broad SMARTS) is 1. The largest absolute Gasteiger partial charge is 0.478 e. The smallest absolute Gasteiger partial charge is 0.335 e. The van der Waals surface area contributed by atoms with Crippen molar-refractivity contribution < 1.29 is 24.6 Å². The van der Waals surface area contributed by atoms with Gasteiger partial charge in [0, 0.05) is 51.4 Å². The molecule has 6 rings (SSSR count). The lowest BCUT2D eigenvalue weighted by molar-refractivity contribution is -0.401. The number of hydrogen-bond acceptors (Lipinski definition) is 5. The molecular weight excluding hydrogens is 605 g/mol. The normalized spacial score (nSPS) is 20.1. The van der Waals surface area contributed by atoms with E-state index in [-0.39, 0.29) is 17.4 Å². The van der Waals surface area contributed by atoms with E-state index in [1.165, 1.54) is 37.9 Å². The second kappa shape index (κ2) is 12.8. The summed E-state index contributed by atoms with van der Waals surface area (Å²) >= 11 is 1.83. The van der Waals surface area contributed by atoms with Gasteiger partial charge in [-0.3, -0.25) is 5.26 Å². The number of nitrogens with zero attached hydrogens (tertiary/aromatic N) is 2. The van der Waals surface area contributed by atoms with E-state index in [9.17, 15) is 9.90 Å². The molecule has 0 amide bonds. The summed E-state index contributed by atoms with van der Waals surface area (Å²) in [6, 6.07) is 22.2. The molecule has 2 N–H and O–H groups in total. The zero-order valence-electron chi connectivity index (χ0n) is 28.0. The Hall–Kier alpha value is -4.17. The fraction of sp³-hybridized carbons (Fsp3) is 0.300. The third kappa shape index (κ3) is 6.04. The summed E-state index contributed by atoms with van der Waals surface area (Å²) in [7, 11) is 4.19. The number of hydrogen-bond donors (Lipinski definition) is 2. The van der Waals surface area contributed by atoms with E-state index in [4.69, 9.17) is 5.26 Å². The maximum atomic E-state index is 11.7. The maximum Gasteiger partial charge on any atom is 0.335 e. The van der Waals surface area contributed by atoms with E-state index in [1.807, 2.05) is 30.0 Å². The van der Waals surface area contributed by atoms with Crippen LogP contribution in [0.5, 0.6) is 0 Å². The summed E-state index contributed by atoms with van der Waals surface area (Å²) in [5.41, 5.74) is 10.2. The van der Waals surface area contributed by atoms with Gasteiger partial charge in [-0.2, -0.15) is 4.58 Å². The van der Waals surface area contributed by atoms with Crippen LogP contribution in [0.2, 0.25) is 0 Å². The van der Waals surface area contributed by atoms with Crippen LogP contribution in [0, 0.1) is 0 Å². The number of carbonyl (C=O) groups is 1. The van der Waals surface area contributed by atoms with Crippen molar-refractivity contribution in [2.75, 3.05) is 19.0 Å². The molecule has 0 spiro atoms. The van der Waals surface area contributed by atoms with Gasteiger partial charge < -0.3 is 10.0 Å². The summed E-state index contributed by atoms with van der Waals surface area (Å²) in [5.74, 6) is -0.906. The van der Waals surface area contributed by atoms with Crippen molar-refractivity contribution in [1.29, 1.82) is 0 Å². The van der Waals surface area contributed by atoms with E-state index in [0.29, 0.717) is 5.56 Å². The fourth-order valence-corrected chi connectivity index (χ4v) is 8.47. The molecule has 1 aliphatic carbocycles. The van der Waals surface area contributed by atoms with Crippen molar-refractivity contribution in [3.05, 3.63) is 135 Å². The highest BCUT2D eigenvalue weighted by molar-refractivity contribution is 8.03. The van der Waals surface area contributed by atoms with Crippen LogP contribution >= 0.6 is 11.8 Å². The first kappa shape index (κ1) is 32.8. The van der Waals surface area contributed by atoms with Gasteiger partial charge >= 0.3 is 5.97 Å². The molecule has 0 bridgehead atoms. The number of rotatable bonds is 8. The van der Waals surface area contributed by atoms with Crippen molar-refractivity contribution in [2.24, 2.45) is 0 Å². The minimum absolute atomic E-state index is 0.166. The predicted octanol–water partition coefficient (Wildman–Crippen LogP) is 9.40. The van der Waals surface area contributed by atoms with Crippen LogP contribution in [0.15, 0.2) is 118 Å². The number of benzene rings is 3. The van der Waals surface area contributed by atoms with Crippen molar-refractivity contribution in [1.82, 2.24) is 0 Å². The second-order valence-electron chi connectivity index (χ2n) is 13.6. The molecule has 7 heteroatoms. The summed E-state index contributed by atoms with van der Waals surface area (Å²) in [6.07, 6.45) is 12.2. The molecule has 3 aromatic rings. The minimum atomic E-state index is -0.906. The molecule has 2 aliphatic heterocycles. The Balaban J connectivity index is 1.39. The molecule has 0 saturated heterocycles. The number of anilines is 1. The van der Waals surface area contributed by atoms with E-state index in [2.05, 4.69) is 123 Å². The Morgan fingerprint density at radius 3 is 2.45 bits per heavy atom. The summed E-state index contributed by atoms with van der Waals surface area (Å²) < 4.78 is 2.19. The van der Waals surface area contributed by atoms with Crippen molar-refractivity contribution in [3.8, 4) is 0 Å². The number of aromatic carboxylic acids is 1. The van der Waals surface area contributed by atoms with Gasteiger partial charge in [-0.05, 0) is 91.8 Å². The Labute approximate surface area is 282 Å². The summed E-state index contributed by atoms with van der Waals surface area (Å²) in [5, 5.41) is 18.7. The first-order valence-corrected chi connectivity index (χ1v) is 16.9. The molecule has 0 aromatic heterocycles. The fourth-order valence-electron chi connectivity index (χ4n) is 7.33. The molecule has 3 aromatic carbocycles. The standard InChI is InChI=1S/C40H42N2O4S/c1-39(2)31-23-26(25-46-45)15-19-33(31)41(5)35(39)21-17-27-11-10-12-28(37(27)47-30-13-8-7-9-14-30)18-22-36-40(3,4)32-24-29(38(43)44)16-20-34(32)42(36)6/h7-9,13-24H,10-12,25H2,1-6H3,(H-,43,44,45)/p+1. The zero-order chi connectivity index (χ0) is 33.5. The maximum absolute atomic E-state index is 11.7. The highest BCUT2D eigenvalue weighted by atomic mass is 32.2. The molecule has 0 radical (unpaired) electrons. The summed E-state index contributed by atoms with van der Waals surface area (Å²) in [6.45, 7) is 9.01. The van der Waals surface area contributed by atoms with Gasteiger partial charge in [0.25, 0.3) is 0 Å². The number of likely N-dealkylation sites (N-methyl/N-ethyl adjacent to an activating group) is 1. The average Bonchev–Trinajstić information content (AvgIpc) is 3.36. The van der Waals surface area contributed by atoms with Crippen LogP contribution in [0.3, 0.4) is 0 Å². The molecule has 0 fully saturated rings. The Morgan fingerprint density at radius 2 is 1.72 bits per heavy atom. The number of thioether (sulfide) groups is 1. The topological polar surface area (TPSA) is 73.0 Å². The van der Waals surface area contributed by atoms with Gasteiger partial charge in [0.15, 0.2) is 5.71 Å². The van der Waals surface area contributed by atoms with E-state index < -0.39 is 5.97 Å². The van der Waals surface area contributed by atoms with E-state index in [1.54, 1.807) is 6.07 Å². The molecule has 47 heavy (non-hydrogen) atoms. The number of fused-ring (bicyclic) bond motifs is 2. The highest BCUT2D eigenvalue weighted by Gasteiger charge is 2.43.